The molecule has 0 aliphatic carbocycles. The van der Waals surface area contributed by atoms with Crippen molar-refractivity contribution < 1.29 is 5.11 Å². The Bertz CT molecular complexity index is 326. The van der Waals surface area contributed by atoms with E-state index in [9.17, 15) is 5.11 Å². The molecule has 1 N–H and O–H groups in total. The van der Waals surface area contributed by atoms with Crippen molar-refractivity contribution in [3.05, 3.63) is 16.1 Å². The van der Waals surface area contributed by atoms with Crippen LogP contribution in [0.15, 0.2) is 5.38 Å². The van der Waals surface area contributed by atoms with E-state index in [1.54, 1.807) is 11.3 Å². The number of aliphatic hydroxyl groups is 1. The standard InChI is InChI=1S/C11H18N2OS/c1-8-5-13(4-3-11(8)14)6-10-7-15-9(2)12-10/h7-8,11,14H,3-6H2,1-2H3. The molecule has 0 aromatic carbocycles. The van der Waals surface area contributed by atoms with Crippen molar-refractivity contribution in [3.63, 3.8) is 0 Å². The average molecular weight is 226 g/mol. The normalized spacial score (nSPS) is 28.2. The smallest absolute Gasteiger partial charge is 0.0897 e. The SMILES string of the molecule is Cc1nc(CN2CCC(O)C(C)C2)cs1. The number of hydrogen-bond donors (Lipinski definition) is 1. The predicted octanol–water partition coefficient (Wildman–Crippen LogP) is 1.65. The first kappa shape index (κ1) is 11.0. The van der Waals surface area contributed by atoms with Gasteiger partial charge in [0, 0.05) is 25.0 Å². The van der Waals surface area contributed by atoms with Gasteiger partial charge in [0.05, 0.1) is 16.8 Å². The van der Waals surface area contributed by atoms with Crippen LogP contribution in [0.2, 0.25) is 0 Å². The quantitative estimate of drug-likeness (QED) is 0.833. The predicted molar refractivity (Wildman–Crippen MR) is 61.9 cm³/mol. The van der Waals surface area contributed by atoms with Crippen LogP contribution in [0.1, 0.15) is 24.0 Å². The van der Waals surface area contributed by atoms with E-state index in [1.807, 2.05) is 6.92 Å². The number of nitrogens with zero attached hydrogens (tertiary/aromatic N) is 2. The van der Waals surface area contributed by atoms with Gasteiger partial charge in [-0.25, -0.2) is 4.98 Å². The van der Waals surface area contributed by atoms with E-state index in [-0.39, 0.29) is 6.10 Å². The molecule has 3 nitrogen and oxygen atoms in total. The first-order valence-corrected chi connectivity index (χ1v) is 6.34. The van der Waals surface area contributed by atoms with E-state index < -0.39 is 0 Å². The molecule has 84 valence electrons. The van der Waals surface area contributed by atoms with Gasteiger partial charge in [0.15, 0.2) is 0 Å². The molecule has 0 spiro atoms. The van der Waals surface area contributed by atoms with Crippen LogP contribution < -0.4 is 0 Å². The van der Waals surface area contributed by atoms with E-state index in [0.29, 0.717) is 5.92 Å². The lowest BCUT2D eigenvalue weighted by Gasteiger charge is -2.33. The van der Waals surface area contributed by atoms with Crippen LogP contribution in [-0.4, -0.2) is 34.2 Å². The van der Waals surface area contributed by atoms with Crippen molar-refractivity contribution in [1.29, 1.82) is 0 Å². The van der Waals surface area contributed by atoms with E-state index in [4.69, 9.17) is 0 Å². The minimum absolute atomic E-state index is 0.113. The Morgan fingerprint density at radius 3 is 3.07 bits per heavy atom. The number of aliphatic hydroxyl groups excluding tert-OH is 1. The van der Waals surface area contributed by atoms with Crippen LogP contribution >= 0.6 is 11.3 Å². The molecule has 0 saturated carbocycles. The third kappa shape index (κ3) is 2.77. The third-order valence-electron chi connectivity index (χ3n) is 3.00. The highest BCUT2D eigenvalue weighted by Crippen LogP contribution is 2.19. The number of likely N-dealkylation sites (tertiary alicyclic amines) is 1. The molecule has 1 aromatic rings. The summed E-state index contributed by atoms with van der Waals surface area (Å²) in [7, 11) is 0. The second kappa shape index (κ2) is 4.60. The molecule has 1 aromatic heterocycles. The monoisotopic (exact) mass is 226 g/mol. The van der Waals surface area contributed by atoms with Gasteiger partial charge in [-0.2, -0.15) is 0 Å². The first-order valence-electron chi connectivity index (χ1n) is 5.46. The number of hydrogen-bond acceptors (Lipinski definition) is 4. The second-order valence-corrected chi connectivity index (χ2v) is 5.49. The molecule has 0 amide bonds. The zero-order chi connectivity index (χ0) is 10.8. The Morgan fingerprint density at radius 2 is 2.47 bits per heavy atom. The van der Waals surface area contributed by atoms with Crippen LogP contribution in [0.3, 0.4) is 0 Å². The van der Waals surface area contributed by atoms with Crippen LogP contribution in [0.4, 0.5) is 0 Å². The van der Waals surface area contributed by atoms with Gasteiger partial charge in [0.2, 0.25) is 0 Å². The molecule has 2 atom stereocenters. The first-order chi connectivity index (χ1) is 7.15. The summed E-state index contributed by atoms with van der Waals surface area (Å²) >= 11 is 1.71. The zero-order valence-electron chi connectivity index (χ0n) is 9.31. The Labute approximate surface area is 94.8 Å². The van der Waals surface area contributed by atoms with Gasteiger partial charge in [-0.15, -0.1) is 11.3 Å². The fourth-order valence-electron chi connectivity index (χ4n) is 2.07. The number of piperidine rings is 1. The molecule has 1 saturated heterocycles. The van der Waals surface area contributed by atoms with Crippen LogP contribution in [0.5, 0.6) is 0 Å². The highest BCUT2D eigenvalue weighted by atomic mass is 32.1. The molecule has 1 fully saturated rings. The minimum atomic E-state index is -0.113. The second-order valence-electron chi connectivity index (χ2n) is 4.43. The zero-order valence-corrected chi connectivity index (χ0v) is 10.1. The summed E-state index contributed by atoms with van der Waals surface area (Å²) in [6.07, 6.45) is 0.781. The van der Waals surface area contributed by atoms with Gasteiger partial charge in [0.1, 0.15) is 0 Å². The highest BCUT2D eigenvalue weighted by molar-refractivity contribution is 7.09. The van der Waals surface area contributed by atoms with E-state index in [1.165, 1.54) is 5.69 Å². The van der Waals surface area contributed by atoms with Gasteiger partial charge in [-0.3, -0.25) is 4.90 Å². The minimum Gasteiger partial charge on any atom is -0.393 e. The van der Waals surface area contributed by atoms with Crippen molar-refractivity contribution in [3.8, 4) is 0 Å². The van der Waals surface area contributed by atoms with Gasteiger partial charge < -0.3 is 5.11 Å². The van der Waals surface area contributed by atoms with Crippen LogP contribution in [0.25, 0.3) is 0 Å². The Morgan fingerprint density at radius 1 is 1.67 bits per heavy atom. The van der Waals surface area contributed by atoms with E-state index in [2.05, 4.69) is 22.2 Å². The highest BCUT2D eigenvalue weighted by Gasteiger charge is 2.24. The lowest BCUT2D eigenvalue weighted by Crippen LogP contribution is -2.41. The maximum Gasteiger partial charge on any atom is 0.0897 e. The molecule has 2 heterocycles. The lowest BCUT2D eigenvalue weighted by molar-refractivity contribution is 0.0316. The fourth-order valence-corrected chi connectivity index (χ4v) is 2.68. The Hall–Kier alpha value is -0.450. The molecular formula is C11H18N2OS. The summed E-state index contributed by atoms with van der Waals surface area (Å²) in [4.78, 5) is 6.84. The summed E-state index contributed by atoms with van der Waals surface area (Å²) in [5.41, 5.74) is 1.17. The summed E-state index contributed by atoms with van der Waals surface area (Å²) < 4.78 is 0. The fraction of sp³-hybridized carbons (Fsp3) is 0.727. The van der Waals surface area contributed by atoms with Crippen LogP contribution in [0, 0.1) is 12.8 Å². The van der Waals surface area contributed by atoms with Crippen molar-refractivity contribution in [2.45, 2.75) is 32.9 Å². The van der Waals surface area contributed by atoms with Crippen LogP contribution in [-0.2, 0) is 6.54 Å². The van der Waals surface area contributed by atoms with Gasteiger partial charge in [0.25, 0.3) is 0 Å². The summed E-state index contributed by atoms with van der Waals surface area (Å²) in [5.74, 6) is 0.387. The molecule has 1 aliphatic rings. The number of rotatable bonds is 2. The molecule has 15 heavy (non-hydrogen) atoms. The largest absolute Gasteiger partial charge is 0.393 e. The van der Waals surface area contributed by atoms with Crippen molar-refractivity contribution in [2.24, 2.45) is 5.92 Å². The maximum absolute atomic E-state index is 9.63. The Kier molecular flexibility index (Phi) is 3.38. The lowest BCUT2D eigenvalue weighted by atomic mass is 9.97. The molecule has 0 radical (unpaired) electrons. The maximum atomic E-state index is 9.63. The van der Waals surface area contributed by atoms with E-state index in [0.717, 1.165) is 31.1 Å². The molecule has 0 bridgehead atoms. The topological polar surface area (TPSA) is 36.4 Å². The summed E-state index contributed by atoms with van der Waals surface area (Å²) in [5, 5.41) is 12.9. The van der Waals surface area contributed by atoms with Crippen molar-refractivity contribution >= 4 is 11.3 Å². The van der Waals surface area contributed by atoms with Gasteiger partial charge in [-0.1, -0.05) is 6.92 Å². The molecule has 4 heteroatoms. The number of aromatic nitrogens is 1. The number of aryl methyl sites for hydroxylation is 1. The third-order valence-corrected chi connectivity index (χ3v) is 3.82. The Balaban J connectivity index is 1.90. The average Bonchev–Trinajstić information content (AvgIpc) is 2.58. The number of thiazole rings is 1. The van der Waals surface area contributed by atoms with Crippen molar-refractivity contribution in [2.75, 3.05) is 13.1 Å². The molecule has 2 unspecified atom stereocenters. The summed E-state index contributed by atoms with van der Waals surface area (Å²) in [6, 6.07) is 0. The van der Waals surface area contributed by atoms with Crippen molar-refractivity contribution in [1.82, 2.24) is 9.88 Å². The summed E-state index contributed by atoms with van der Waals surface area (Å²) in [6.45, 7) is 7.06. The van der Waals surface area contributed by atoms with E-state index >= 15 is 0 Å². The van der Waals surface area contributed by atoms with Gasteiger partial charge in [-0.05, 0) is 19.3 Å². The molecule has 1 aliphatic heterocycles. The molecular weight excluding hydrogens is 208 g/mol. The van der Waals surface area contributed by atoms with Gasteiger partial charge >= 0.3 is 0 Å². The molecule has 2 rings (SSSR count).